The molecule has 1 saturated heterocycles. The third kappa shape index (κ3) is 4.32. The number of hydrogen-bond donors (Lipinski definition) is 1. The van der Waals surface area contributed by atoms with E-state index in [1.54, 1.807) is 0 Å². The van der Waals surface area contributed by atoms with Crippen molar-refractivity contribution in [3.8, 4) is 5.75 Å². The first-order valence-corrected chi connectivity index (χ1v) is 8.07. The Morgan fingerprint density at radius 1 is 1.33 bits per heavy atom. The molecule has 2 aromatic rings. The maximum Gasteiger partial charge on any atom is 0.249 e. The van der Waals surface area contributed by atoms with Gasteiger partial charge in [0, 0.05) is 20.1 Å². The number of benzene rings is 1. The molecule has 1 aromatic carbocycles. The number of hydrogen-bond acceptors (Lipinski definition) is 6. The second kappa shape index (κ2) is 7.92. The fraction of sp³-hybridized carbons (Fsp3) is 0.471. The highest BCUT2D eigenvalue weighted by Gasteiger charge is 2.30. The lowest BCUT2D eigenvalue weighted by Gasteiger charge is -2.28. The Bertz CT molecular complexity index is 653. The van der Waals surface area contributed by atoms with Crippen LogP contribution in [0.25, 0.3) is 0 Å². The van der Waals surface area contributed by atoms with Gasteiger partial charge in [-0.3, -0.25) is 4.79 Å². The van der Waals surface area contributed by atoms with Crippen molar-refractivity contribution in [1.29, 1.82) is 0 Å². The summed E-state index contributed by atoms with van der Waals surface area (Å²) in [6.45, 7) is 3.06. The van der Waals surface area contributed by atoms with Gasteiger partial charge in [0.05, 0.1) is 0 Å². The van der Waals surface area contributed by atoms with Gasteiger partial charge >= 0.3 is 0 Å². The molecule has 1 atom stereocenters. The summed E-state index contributed by atoms with van der Waals surface area (Å²) >= 11 is 0. The molecule has 0 bridgehead atoms. The lowest BCUT2D eigenvalue weighted by molar-refractivity contribution is -0.120. The summed E-state index contributed by atoms with van der Waals surface area (Å²) < 4.78 is 16.4. The summed E-state index contributed by atoms with van der Waals surface area (Å²) in [6, 6.07) is 9.16. The molecule has 0 saturated carbocycles. The minimum absolute atomic E-state index is 0.119. The van der Waals surface area contributed by atoms with E-state index in [2.05, 4.69) is 15.5 Å². The van der Waals surface area contributed by atoms with Gasteiger partial charge < -0.3 is 19.3 Å². The first-order chi connectivity index (χ1) is 11.7. The predicted molar refractivity (Wildman–Crippen MR) is 85.2 cm³/mol. The highest BCUT2D eigenvalue weighted by atomic mass is 16.5. The number of aromatic nitrogens is 2. The van der Waals surface area contributed by atoms with E-state index < -0.39 is 0 Å². The number of carbonyl (C=O) groups excluding carboxylic acids is 1. The van der Waals surface area contributed by atoms with Crippen molar-refractivity contribution in [3.63, 3.8) is 0 Å². The molecular weight excluding hydrogens is 310 g/mol. The van der Waals surface area contributed by atoms with Crippen LogP contribution >= 0.6 is 0 Å². The Labute approximate surface area is 140 Å². The highest BCUT2D eigenvalue weighted by molar-refractivity contribution is 5.73. The normalized spacial score (nSPS) is 16.5. The average Bonchev–Trinajstić information content (AvgIpc) is 3.08. The number of rotatable bonds is 6. The van der Waals surface area contributed by atoms with Crippen LogP contribution in [0.3, 0.4) is 0 Å². The molecule has 1 aliphatic rings. The Morgan fingerprint density at radius 3 is 2.79 bits per heavy atom. The van der Waals surface area contributed by atoms with Crippen molar-refractivity contribution < 1.29 is 18.8 Å². The lowest BCUT2D eigenvalue weighted by atomic mass is 9.91. The summed E-state index contributed by atoms with van der Waals surface area (Å²) in [5.41, 5.74) is 0. The molecule has 7 nitrogen and oxygen atoms in total. The van der Waals surface area contributed by atoms with Crippen LogP contribution in [-0.2, 0) is 16.1 Å². The Hall–Kier alpha value is -2.41. The monoisotopic (exact) mass is 331 g/mol. The maximum atomic E-state index is 11.5. The molecule has 0 unspecified atom stereocenters. The van der Waals surface area contributed by atoms with Gasteiger partial charge in [0.15, 0.2) is 6.61 Å². The summed E-state index contributed by atoms with van der Waals surface area (Å²) in [4.78, 5) is 15.9. The number of amides is 1. The van der Waals surface area contributed by atoms with Crippen molar-refractivity contribution in [2.75, 3.05) is 13.2 Å². The standard InChI is InChI=1S/C17H21N3O4/c1-12(21)18-16(13-7-9-22-10-8-13)17-19-15(20-24-17)11-23-14-5-3-2-4-6-14/h2-6,13,16H,7-11H2,1H3,(H,18,21)/t16-/m1/s1. The van der Waals surface area contributed by atoms with Crippen molar-refractivity contribution in [2.24, 2.45) is 5.92 Å². The van der Waals surface area contributed by atoms with Gasteiger partial charge in [-0.1, -0.05) is 23.4 Å². The first-order valence-electron chi connectivity index (χ1n) is 8.07. The molecule has 1 fully saturated rings. The highest BCUT2D eigenvalue weighted by Crippen LogP contribution is 2.29. The molecule has 0 radical (unpaired) electrons. The van der Waals surface area contributed by atoms with E-state index in [1.165, 1.54) is 6.92 Å². The zero-order chi connectivity index (χ0) is 16.8. The maximum absolute atomic E-state index is 11.5. The van der Waals surface area contributed by atoms with Gasteiger partial charge in [-0.15, -0.1) is 0 Å². The number of ether oxygens (including phenoxy) is 2. The molecule has 3 rings (SSSR count). The van der Waals surface area contributed by atoms with Crippen molar-refractivity contribution in [3.05, 3.63) is 42.0 Å². The molecule has 1 aliphatic heterocycles. The van der Waals surface area contributed by atoms with Crippen molar-refractivity contribution in [1.82, 2.24) is 15.5 Å². The third-order valence-electron chi connectivity index (χ3n) is 3.96. The van der Waals surface area contributed by atoms with Gasteiger partial charge in [0.1, 0.15) is 11.8 Å². The van der Waals surface area contributed by atoms with Crippen LogP contribution in [0.15, 0.2) is 34.9 Å². The van der Waals surface area contributed by atoms with E-state index in [-0.39, 0.29) is 24.5 Å². The fourth-order valence-electron chi connectivity index (χ4n) is 2.77. The SMILES string of the molecule is CC(=O)N[C@@H](c1nc(COc2ccccc2)no1)C1CCOCC1. The number of nitrogens with zero attached hydrogens (tertiary/aromatic N) is 2. The summed E-state index contributed by atoms with van der Waals surface area (Å²) in [6.07, 6.45) is 1.70. The van der Waals surface area contributed by atoms with Crippen molar-refractivity contribution in [2.45, 2.75) is 32.4 Å². The first kappa shape index (κ1) is 16.4. The summed E-state index contributed by atoms with van der Waals surface area (Å²) in [7, 11) is 0. The van der Waals surface area contributed by atoms with Gasteiger partial charge in [-0.25, -0.2) is 0 Å². The van der Waals surface area contributed by atoms with Crippen LogP contribution in [0.5, 0.6) is 5.75 Å². The Morgan fingerprint density at radius 2 is 2.08 bits per heavy atom. The smallest absolute Gasteiger partial charge is 0.249 e. The van der Waals surface area contributed by atoms with E-state index in [4.69, 9.17) is 14.0 Å². The number of carbonyl (C=O) groups is 1. The quantitative estimate of drug-likeness (QED) is 0.874. The molecule has 24 heavy (non-hydrogen) atoms. The van der Waals surface area contributed by atoms with Crippen LogP contribution in [0.4, 0.5) is 0 Å². The van der Waals surface area contributed by atoms with Crippen LogP contribution in [-0.4, -0.2) is 29.3 Å². The molecule has 1 N–H and O–H groups in total. The zero-order valence-corrected chi connectivity index (χ0v) is 13.6. The Kier molecular flexibility index (Phi) is 5.43. The van der Waals surface area contributed by atoms with Crippen LogP contribution in [0, 0.1) is 5.92 Å². The second-order valence-corrected chi connectivity index (χ2v) is 5.78. The fourth-order valence-corrected chi connectivity index (χ4v) is 2.77. The van der Waals surface area contributed by atoms with E-state index in [0.29, 0.717) is 24.9 Å². The lowest BCUT2D eigenvalue weighted by Crippen LogP contribution is -2.35. The van der Waals surface area contributed by atoms with Gasteiger partial charge in [0.2, 0.25) is 17.6 Å². The van der Waals surface area contributed by atoms with E-state index in [9.17, 15) is 4.79 Å². The van der Waals surface area contributed by atoms with Gasteiger partial charge in [-0.05, 0) is 30.9 Å². The zero-order valence-electron chi connectivity index (χ0n) is 13.6. The van der Waals surface area contributed by atoms with Crippen LogP contribution < -0.4 is 10.1 Å². The third-order valence-corrected chi connectivity index (χ3v) is 3.96. The van der Waals surface area contributed by atoms with E-state index in [0.717, 1.165) is 18.6 Å². The van der Waals surface area contributed by atoms with Gasteiger partial charge in [0.25, 0.3) is 0 Å². The van der Waals surface area contributed by atoms with E-state index in [1.807, 2.05) is 30.3 Å². The largest absolute Gasteiger partial charge is 0.485 e. The van der Waals surface area contributed by atoms with Crippen LogP contribution in [0.1, 0.15) is 37.5 Å². The summed E-state index contributed by atoms with van der Waals surface area (Å²) in [5, 5.41) is 6.88. The van der Waals surface area contributed by atoms with Crippen molar-refractivity contribution >= 4 is 5.91 Å². The molecule has 2 heterocycles. The van der Waals surface area contributed by atoms with E-state index >= 15 is 0 Å². The summed E-state index contributed by atoms with van der Waals surface area (Å²) in [5.74, 6) is 1.73. The molecular formula is C17H21N3O4. The molecule has 1 aromatic heterocycles. The minimum Gasteiger partial charge on any atom is -0.485 e. The minimum atomic E-state index is -0.288. The number of para-hydroxylation sites is 1. The molecule has 7 heteroatoms. The average molecular weight is 331 g/mol. The topological polar surface area (TPSA) is 86.5 Å². The Balaban J connectivity index is 1.67. The second-order valence-electron chi connectivity index (χ2n) is 5.78. The predicted octanol–water partition coefficient (Wildman–Crippen LogP) is 2.25. The van der Waals surface area contributed by atoms with Gasteiger partial charge in [-0.2, -0.15) is 4.98 Å². The molecule has 0 spiro atoms. The molecule has 1 amide bonds. The molecule has 128 valence electrons. The molecule has 0 aliphatic carbocycles. The number of nitrogens with one attached hydrogen (secondary N) is 1. The van der Waals surface area contributed by atoms with Crippen LogP contribution in [0.2, 0.25) is 0 Å².